The van der Waals surface area contributed by atoms with Gasteiger partial charge in [0.05, 0.1) is 17.3 Å². The maximum Gasteiger partial charge on any atom is 0.256 e. The second kappa shape index (κ2) is 7.34. The van der Waals surface area contributed by atoms with E-state index < -0.39 is 0 Å². The summed E-state index contributed by atoms with van der Waals surface area (Å²) in [6.45, 7) is 5.00. The van der Waals surface area contributed by atoms with Gasteiger partial charge in [0.15, 0.2) is 0 Å². The van der Waals surface area contributed by atoms with Gasteiger partial charge in [-0.25, -0.2) is 0 Å². The lowest BCUT2D eigenvalue weighted by molar-refractivity contribution is 0.0596. The highest BCUT2D eigenvalue weighted by Crippen LogP contribution is 2.36. The molecule has 1 amide bonds. The molecule has 3 aliphatic heterocycles. The number of nitrogens with zero attached hydrogens (tertiary/aromatic N) is 4. The maximum atomic E-state index is 13.4. The van der Waals surface area contributed by atoms with Crippen molar-refractivity contribution in [1.29, 1.82) is 0 Å². The summed E-state index contributed by atoms with van der Waals surface area (Å²) >= 11 is 0. The quantitative estimate of drug-likeness (QED) is 0.711. The number of carbonyl (C=O) groups excluding carboxylic acids is 1. The zero-order valence-electron chi connectivity index (χ0n) is 17.6. The Bertz CT molecular complexity index is 1210. The third kappa shape index (κ3) is 3.19. The van der Waals surface area contributed by atoms with Crippen molar-refractivity contribution >= 4 is 16.8 Å². The molecule has 6 rings (SSSR count). The zero-order valence-corrected chi connectivity index (χ0v) is 17.6. The van der Waals surface area contributed by atoms with Crippen molar-refractivity contribution in [1.82, 2.24) is 24.6 Å². The molecular formula is C24H27N5O2. The molecule has 2 aromatic heterocycles. The first-order valence-corrected chi connectivity index (χ1v) is 11.3. The Labute approximate surface area is 180 Å². The van der Waals surface area contributed by atoms with Gasteiger partial charge in [-0.1, -0.05) is 18.2 Å². The number of nitrogens with one attached hydrogen (secondary N) is 1. The van der Waals surface area contributed by atoms with E-state index in [2.05, 4.69) is 21.2 Å². The number of aromatic amines is 1. The van der Waals surface area contributed by atoms with Crippen LogP contribution in [-0.4, -0.2) is 56.7 Å². The highest BCUT2D eigenvalue weighted by atomic mass is 16.2. The van der Waals surface area contributed by atoms with Crippen LogP contribution >= 0.6 is 0 Å². The van der Waals surface area contributed by atoms with Gasteiger partial charge in [0, 0.05) is 48.7 Å². The average molecular weight is 418 g/mol. The van der Waals surface area contributed by atoms with Crippen LogP contribution in [0.3, 0.4) is 0 Å². The van der Waals surface area contributed by atoms with Crippen LogP contribution in [0, 0.1) is 5.92 Å². The SMILES string of the molecule is O=C(c1cccc2cn[nH]c12)N1C[C@@H]2C[C@H](C1)c1ccc(CN3CCCC3)c(=O)n1C2. The van der Waals surface area contributed by atoms with E-state index in [0.717, 1.165) is 48.2 Å². The third-order valence-electron chi connectivity index (χ3n) is 7.27. The first-order valence-electron chi connectivity index (χ1n) is 11.3. The number of benzene rings is 1. The van der Waals surface area contributed by atoms with Crippen LogP contribution in [0.25, 0.3) is 10.9 Å². The summed E-state index contributed by atoms with van der Waals surface area (Å²) in [6, 6.07) is 9.90. The lowest BCUT2D eigenvalue weighted by Gasteiger charge is -2.43. The highest BCUT2D eigenvalue weighted by Gasteiger charge is 2.37. The van der Waals surface area contributed by atoms with Crippen molar-refractivity contribution in [3.8, 4) is 0 Å². The minimum absolute atomic E-state index is 0.0472. The van der Waals surface area contributed by atoms with Crippen LogP contribution < -0.4 is 5.56 Å². The van der Waals surface area contributed by atoms with Crippen LogP contribution in [0.1, 0.15) is 46.8 Å². The summed E-state index contributed by atoms with van der Waals surface area (Å²) < 4.78 is 2.00. The normalized spacial score (nSPS) is 23.3. The van der Waals surface area contributed by atoms with Gasteiger partial charge in [0.2, 0.25) is 0 Å². The molecule has 31 heavy (non-hydrogen) atoms. The molecule has 2 atom stereocenters. The number of fused-ring (bicyclic) bond motifs is 5. The first kappa shape index (κ1) is 18.8. The topological polar surface area (TPSA) is 74.2 Å². The van der Waals surface area contributed by atoms with Crippen LogP contribution in [0.15, 0.2) is 41.3 Å². The largest absolute Gasteiger partial charge is 0.338 e. The standard InChI is InChI=1S/C24H27N5O2/c30-23-18(14-27-8-1-2-9-27)6-7-21-19-10-16(13-29(21)23)12-28(15-19)24(31)20-5-3-4-17-11-25-26-22(17)20/h3-7,11,16,19H,1-2,8-10,12-15H2,(H,25,26)/t16-,19+/m0/s1. The van der Waals surface area contributed by atoms with Crippen molar-refractivity contribution in [3.63, 3.8) is 0 Å². The molecule has 2 saturated heterocycles. The van der Waals surface area contributed by atoms with E-state index >= 15 is 0 Å². The molecule has 7 heteroatoms. The number of piperidine rings is 1. The number of hydrogen-bond acceptors (Lipinski definition) is 4. The van der Waals surface area contributed by atoms with Gasteiger partial charge in [0.1, 0.15) is 0 Å². The van der Waals surface area contributed by atoms with E-state index in [1.54, 1.807) is 6.20 Å². The second-order valence-electron chi connectivity index (χ2n) is 9.33. The molecule has 7 nitrogen and oxygen atoms in total. The molecule has 0 radical (unpaired) electrons. The fourth-order valence-electron chi connectivity index (χ4n) is 5.78. The number of likely N-dealkylation sites (tertiary alicyclic amines) is 2. The Morgan fingerprint density at radius 1 is 1.10 bits per heavy atom. The summed E-state index contributed by atoms with van der Waals surface area (Å²) in [5.74, 6) is 0.577. The number of amides is 1. The van der Waals surface area contributed by atoms with Crippen molar-refractivity contribution < 1.29 is 4.79 Å². The van der Waals surface area contributed by atoms with Crippen molar-refractivity contribution in [3.05, 3.63) is 63.7 Å². The lowest BCUT2D eigenvalue weighted by Crippen LogP contribution is -2.49. The Balaban J connectivity index is 1.27. The number of pyridine rings is 1. The van der Waals surface area contributed by atoms with Gasteiger partial charge in [-0.2, -0.15) is 5.10 Å². The molecule has 160 valence electrons. The number of rotatable bonds is 3. The predicted molar refractivity (Wildman–Crippen MR) is 118 cm³/mol. The van der Waals surface area contributed by atoms with Gasteiger partial charge >= 0.3 is 0 Å². The highest BCUT2D eigenvalue weighted by molar-refractivity contribution is 6.05. The van der Waals surface area contributed by atoms with E-state index in [-0.39, 0.29) is 17.4 Å². The van der Waals surface area contributed by atoms with E-state index in [1.807, 2.05) is 33.7 Å². The molecule has 1 aromatic carbocycles. The summed E-state index contributed by atoms with van der Waals surface area (Å²) in [6.07, 6.45) is 5.25. The Kier molecular flexibility index (Phi) is 4.45. The summed E-state index contributed by atoms with van der Waals surface area (Å²) in [7, 11) is 0. The number of carbonyl (C=O) groups is 1. The van der Waals surface area contributed by atoms with Crippen LogP contribution in [-0.2, 0) is 13.1 Å². The smallest absolute Gasteiger partial charge is 0.256 e. The predicted octanol–water partition coefficient (Wildman–Crippen LogP) is 2.58. The van der Waals surface area contributed by atoms with Gasteiger partial charge in [-0.3, -0.25) is 19.6 Å². The molecule has 0 unspecified atom stereocenters. The molecule has 0 spiro atoms. The van der Waals surface area contributed by atoms with Gasteiger partial charge in [-0.05, 0) is 50.4 Å². The Hall–Kier alpha value is -2.93. The fourth-order valence-corrected chi connectivity index (χ4v) is 5.78. The summed E-state index contributed by atoms with van der Waals surface area (Å²) in [5.41, 5.74) is 3.63. The van der Waals surface area contributed by atoms with Gasteiger partial charge < -0.3 is 9.47 Å². The van der Waals surface area contributed by atoms with E-state index in [0.29, 0.717) is 31.1 Å². The molecule has 5 heterocycles. The number of para-hydroxylation sites is 1. The second-order valence-corrected chi connectivity index (χ2v) is 9.33. The molecule has 2 fully saturated rings. The average Bonchev–Trinajstić information content (AvgIpc) is 3.47. The Morgan fingerprint density at radius 2 is 1.97 bits per heavy atom. The van der Waals surface area contributed by atoms with Gasteiger partial charge in [-0.15, -0.1) is 0 Å². The zero-order chi connectivity index (χ0) is 20.9. The number of hydrogen-bond donors (Lipinski definition) is 1. The molecular weight excluding hydrogens is 390 g/mol. The van der Waals surface area contributed by atoms with E-state index in [9.17, 15) is 9.59 Å². The monoisotopic (exact) mass is 417 g/mol. The fraction of sp³-hybridized carbons (Fsp3) is 0.458. The minimum Gasteiger partial charge on any atom is -0.338 e. The molecule has 3 aromatic rings. The number of H-pyrrole nitrogens is 1. The van der Waals surface area contributed by atoms with Crippen molar-refractivity contribution in [2.75, 3.05) is 26.2 Å². The van der Waals surface area contributed by atoms with Crippen molar-refractivity contribution in [2.24, 2.45) is 5.92 Å². The summed E-state index contributed by atoms with van der Waals surface area (Å²) in [5, 5.41) is 8.01. The van der Waals surface area contributed by atoms with E-state index in [1.165, 1.54) is 12.8 Å². The molecule has 3 aliphatic rings. The molecule has 1 N–H and O–H groups in total. The minimum atomic E-state index is 0.0472. The molecule has 2 bridgehead atoms. The molecule has 0 aliphatic carbocycles. The van der Waals surface area contributed by atoms with Crippen LogP contribution in [0.4, 0.5) is 0 Å². The maximum absolute atomic E-state index is 13.4. The molecule has 0 saturated carbocycles. The van der Waals surface area contributed by atoms with Crippen LogP contribution in [0.5, 0.6) is 0 Å². The first-order chi connectivity index (χ1) is 15.2. The van der Waals surface area contributed by atoms with E-state index in [4.69, 9.17) is 0 Å². The van der Waals surface area contributed by atoms with Gasteiger partial charge in [0.25, 0.3) is 11.5 Å². The van der Waals surface area contributed by atoms with Crippen LogP contribution in [0.2, 0.25) is 0 Å². The number of aromatic nitrogens is 3. The Morgan fingerprint density at radius 3 is 2.84 bits per heavy atom. The third-order valence-corrected chi connectivity index (χ3v) is 7.27. The summed E-state index contributed by atoms with van der Waals surface area (Å²) in [4.78, 5) is 31.0. The van der Waals surface area contributed by atoms with Crippen molar-refractivity contribution in [2.45, 2.75) is 38.3 Å². The lowest BCUT2D eigenvalue weighted by atomic mass is 9.82.